The Morgan fingerprint density at radius 3 is 2.64 bits per heavy atom. The summed E-state index contributed by atoms with van der Waals surface area (Å²) in [7, 11) is 1.21. The second kappa shape index (κ2) is 8.50. The molecule has 3 heterocycles. The van der Waals surface area contributed by atoms with Crippen LogP contribution in [0.25, 0.3) is 17.4 Å². The fourth-order valence-electron chi connectivity index (χ4n) is 3.40. The zero-order valence-electron chi connectivity index (χ0n) is 17.6. The minimum Gasteiger partial charge on any atom is -0.478 e. The number of nitrogens with zero attached hydrogens (tertiary/aromatic N) is 1. The predicted molar refractivity (Wildman–Crippen MR) is 113 cm³/mol. The lowest BCUT2D eigenvalue weighted by molar-refractivity contribution is -0.123. The molecule has 0 radical (unpaired) electrons. The van der Waals surface area contributed by atoms with Crippen molar-refractivity contribution in [1.82, 2.24) is 10.2 Å². The summed E-state index contributed by atoms with van der Waals surface area (Å²) in [6.45, 7) is 1.50. The van der Waals surface area contributed by atoms with Crippen molar-refractivity contribution in [2.45, 2.75) is 13.5 Å². The fraction of sp³-hybridized carbons (Fsp3) is 0.130. The lowest BCUT2D eigenvalue weighted by atomic mass is 10.0. The molecule has 0 bridgehead atoms. The normalized spacial score (nSPS) is 14.6. The van der Waals surface area contributed by atoms with Gasteiger partial charge in [-0.05, 0) is 42.8 Å². The van der Waals surface area contributed by atoms with E-state index in [1.165, 1.54) is 31.4 Å². The van der Waals surface area contributed by atoms with Gasteiger partial charge < -0.3 is 24.0 Å². The Morgan fingerprint density at radius 1 is 1.12 bits per heavy atom. The molecular formula is C23H18N2O8. The van der Waals surface area contributed by atoms with Crippen LogP contribution in [0, 0.1) is 6.92 Å². The number of aromatic carboxylic acids is 1. The van der Waals surface area contributed by atoms with E-state index >= 15 is 0 Å². The number of nitrogens with one attached hydrogen (secondary N) is 1. The van der Waals surface area contributed by atoms with Gasteiger partial charge in [-0.15, -0.1) is 0 Å². The molecule has 0 atom stereocenters. The smallest absolute Gasteiger partial charge is 0.373 e. The molecule has 10 nitrogen and oxygen atoms in total. The number of rotatable bonds is 6. The SMILES string of the molecule is COC(=O)c1ccc(CN2C(=O)NC(=Cc3ccc(-c4cccc(C(=O)O)c4C)o3)C2=O)o1. The summed E-state index contributed by atoms with van der Waals surface area (Å²) >= 11 is 0. The Labute approximate surface area is 187 Å². The van der Waals surface area contributed by atoms with Crippen LogP contribution in [0.4, 0.5) is 4.79 Å². The number of hydrogen-bond acceptors (Lipinski definition) is 7. The van der Waals surface area contributed by atoms with Crippen LogP contribution in [0.3, 0.4) is 0 Å². The van der Waals surface area contributed by atoms with Gasteiger partial charge in [0, 0.05) is 11.6 Å². The third-order valence-corrected chi connectivity index (χ3v) is 5.07. The largest absolute Gasteiger partial charge is 0.478 e. The minimum absolute atomic E-state index is 0.00310. The number of urea groups is 1. The summed E-state index contributed by atoms with van der Waals surface area (Å²) in [5.74, 6) is -1.41. The Balaban J connectivity index is 1.53. The van der Waals surface area contributed by atoms with Gasteiger partial charge in [0.05, 0.1) is 19.2 Å². The molecule has 1 fully saturated rings. The maximum atomic E-state index is 12.7. The van der Waals surface area contributed by atoms with Crippen LogP contribution in [0.15, 0.2) is 57.0 Å². The van der Waals surface area contributed by atoms with E-state index < -0.39 is 23.9 Å². The number of carbonyl (C=O) groups excluding carboxylic acids is 3. The van der Waals surface area contributed by atoms with Crippen molar-refractivity contribution in [2.75, 3.05) is 7.11 Å². The fourth-order valence-corrected chi connectivity index (χ4v) is 3.40. The highest BCUT2D eigenvalue weighted by atomic mass is 16.5. The first-order valence-electron chi connectivity index (χ1n) is 9.73. The molecule has 2 N–H and O–H groups in total. The number of methoxy groups -OCH3 is 1. The van der Waals surface area contributed by atoms with Crippen molar-refractivity contribution in [3.63, 3.8) is 0 Å². The topological polar surface area (TPSA) is 139 Å². The highest BCUT2D eigenvalue weighted by Gasteiger charge is 2.34. The van der Waals surface area contributed by atoms with Gasteiger partial charge in [0.2, 0.25) is 5.76 Å². The molecule has 1 saturated heterocycles. The lowest BCUT2D eigenvalue weighted by Crippen LogP contribution is -2.30. The molecule has 2 aromatic heterocycles. The van der Waals surface area contributed by atoms with E-state index in [4.69, 9.17) is 8.83 Å². The standard InChI is InChI=1S/C23H18N2O8/c1-12-15(4-3-5-16(12)21(27)28)18-8-6-13(32-18)10-17-20(26)25(23(30)24-17)11-14-7-9-19(33-14)22(29)31-2/h3-10H,11H2,1-2H3,(H,24,30)(H,27,28). The molecule has 0 unspecified atom stereocenters. The van der Waals surface area contributed by atoms with E-state index in [0.29, 0.717) is 22.6 Å². The highest BCUT2D eigenvalue weighted by molar-refractivity contribution is 6.13. The van der Waals surface area contributed by atoms with Crippen LogP contribution in [0.2, 0.25) is 0 Å². The summed E-state index contributed by atoms with van der Waals surface area (Å²) in [6, 6.07) is 10.3. The van der Waals surface area contributed by atoms with Gasteiger partial charge in [-0.1, -0.05) is 12.1 Å². The summed E-state index contributed by atoms with van der Waals surface area (Å²) in [5.41, 5.74) is 1.30. The molecule has 1 aliphatic rings. The van der Waals surface area contributed by atoms with Gasteiger partial charge in [0.15, 0.2) is 0 Å². The van der Waals surface area contributed by atoms with Crippen LogP contribution in [-0.2, 0) is 16.1 Å². The Morgan fingerprint density at radius 2 is 1.91 bits per heavy atom. The number of ether oxygens (including phenoxy) is 1. The second-order valence-electron chi connectivity index (χ2n) is 7.12. The number of amides is 3. The van der Waals surface area contributed by atoms with E-state index in [-0.39, 0.29) is 29.3 Å². The summed E-state index contributed by atoms with van der Waals surface area (Å²) in [5, 5.41) is 11.8. The number of carbonyl (C=O) groups is 4. The zero-order valence-corrected chi connectivity index (χ0v) is 17.6. The molecule has 10 heteroatoms. The maximum Gasteiger partial charge on any atom is 0.373 e. The van der Waals surface area contributed by atoms with Crippen molar-refractivity contribution in [1.29, 1.82) is 0 Å². The second-order valence-corrected chi connectivity index (χ2v) is 7.12. The molecule has 168 valence electrons. The highest BCUT2D eigenvalue weighted by Crippen LogP contribution is 2.29. The van der Waals surface area contributed by atoms with E-state index in [9.17, 15) is 24.3 Å². The van der Waals surface area contributed by atoms with Crippen molar-refractivity contribution in [2.24, 2.45) is 0 Å². The van der Waals surface area contributed by atoms with Crippen molar-refractivity contribution in [3.05, 3.63) is 76.6 Å². The van der Waals surface area contributed by atoms with Gasteiger partial charge in [-0.3, -0.25) is 9.69 Å². The predicted octanol–water partition coefficient (Wildman–Crippen LogP) is 3.43. The van der Waals surface area contributed by atoms with Crippen LogP contribution < -0.4 is 5.32 Å². The molecule has 0 spiro atoms. The van der Waals surface area contributed by atoms with Crippen LogP contribution >= 0.6 is 0 Å². The van der Waals surface area contributed by atoms with Crippen LogP contribution in [0.5, 0.6) is 0 Å². The molecule has 0 saturated carbocycles. The Kier molecular flexibility index (Phi) is 5.57. The molecule has 4 rings (SSSR count). The van der Waals surface area contributed by atoms with Gasteiger partial charge in [-0.2, -0.15) is 0 Å². The maximum absolute atomic E-state index is 12.7. The van der Waals surface area contributed by atoms with Crippen LogP contribution in [-0.4, -0.2) is 41.0 Å². The van der Waals surface area contributed by atoms with Gasteiger partial charge in [0.25, 0.3) is 5.91 Å². The molecule has 1 aliphatic heterocycles. The van der Waals surface area contributed by atoms with Crippen LogP contribution in [0.1, 0.15) is 38.0 Å². The molecule has 3 amide bonds. The molecule has 3 aromatic rings. The lowest BCUT2D eigenvalue weighted by Gasteiger charge is -2.09. The van der Waals surface area contributed by atoms with Crippen molar-refractivity contribution in [3.8, 4) is 11.3 Å². The monoisotopic (exact) mass is 450 g/mol. The quantitative estimate of drug-likeness (QED) is 0.331. The summed E-state index contributed by atoms with van der Waals surface area (Å²) in [6.07, 6.45) is 1.38. The average Bonchev–Trinajstić information content (AvgIpc) is 3.50. The first kappa shape index (κ1) is 21.6. The van der Waals surface area contributed by atoms with Gasteiger partial charge in [-0.25, -0.2) is 14.4 Å². The number of esters is 1. The summed E-state index contributed by atoms with van der Waals surface area (Å²) < 4.78 is 15.6. The third kappa shape index (κ3) is 4.13. The van der Waals surface area contributed by atoms with Crippen molar-refractivity contribution < 1.29 is 37.9 Å². The van der Waals surface area contributed by atoms with E-state index in [2.05, 4.69) is 10.1 Å². The van der Waals surface area contributed by atoms with Gasteiger partial charge in [0.1, 0.15) is 23.0 Å². The number of hydrogen-bond donors (Lipinski definition) is 2. The Hall–Kier alpha value is -4.60. The minimum atomic E-state index is -1.04. The first-order chi connectivity index (χ1) is 15.8. The number of carboxylic acid groups (broad SMARTS) is 1. The zero-order chi connectivity index (χ0) is 23.7. The van der Waals surface area contributed by atoms with E-state index in [0.717, 1.165) is 4.90 Å². The molecular weight excluding hydrogens is 432 g/mol. The molecule has 1 aromatic carbocycles. The average molecular weight is 450 g/mol. The van der Waals surface area contributed by atoms with Crippen molar-refractivity contribution >= 4 is 30.0 Å². The number of carboxylic acids is 1. The first-order valence-corrected chi connectivity index (χ1v) is 9.73. The number of benzene rings is 1. The van der Waals surface area contributed by atoms with E-state index in [1.54, 1.807) is 31.2 Å². The van der Waals surface area contributed by atoms with Gasteiger partial charge >= 0.3 is 18.0 Å². The van der Waals surface area contributed by atoms with E-state index in [1.807, 2.05) is 0 Å². The summed E-state index contributed by atoms with van der Waals surface area (Å²) in [4.78, 5) is 48.8. The Bertz CT molecular complexity index is 1310. The number of furan rings is 2. The molecule has 33 heavy (non-hydrogen) atoms. The third-order valence-electron chi connectivity index (χ3n) is 5.07. The molecule has 0 aliphatic carbocycles. The number of imide groups is 1.